The minimum atomic E-state index is 0.00273. The molecular formula is C10H16N2OS. The number of anilines is 2. The molecule has 0 bridgehead atoms. The van der Waals surface area contributed by atoms with Gasteiger partial charge in [-0.05, 0) is 6.42 Å². The van der Waals surface area contributed by atoms with Gasteiger partial charge in [0.2, 0.25) is 5.43 Å². The summed E-state index contributed by atoms with van der Waals surface area (Å²) in [4.78, 5) is 13.4. The summed E-state index contributed by atoms with van der Waals surface area (Å²) >= 11 is 4.94. The first-order chi connectivity index (χ1) is 6.63. The van der Waals surface area contributed by atoms with Crippen molar-refractivity contribution in [1.29, 1.82) is 0 Å². The molecule has 0 aliphatic carbocycles. The molecule has 0 radical (unpaired) electrons. The van der Waals surface area contributed by atoms with E-state index < -0.39 is 0 Å². The third-order valence-corrected chi connectivity index (χ3v) is 2.75. The summed E-state index contributed by atoms with van der Waals surface area (Å²) in [5, 5.41) is 2.96. The van der Waals surface area contributed by atoms with Crippen LogP contribution >= 0.6 is 12.2 Å². The van der Waals surface area contributed by atoms with E-state index >= 15 is 0 Å². The second kappa shape index (κ2) is 4.55. The van der Waals surface area contributed by atoms with Crippen LogP contribution in [-0.4, -0.2) is 20.6 Å². The van der Waals surface area contributed by atoms with Gasteiger partial charge in [0.25, 0.3) is 0 Å². The highest BCUT2D eigenvalue weighted by atomic mass is 32.1. The van der Waals surface area contributed by atoms with Gasteiger partial charge in [-0.25, -0.2) is 0 Å². The minimum absolute atomic E-state index is 0.00273. The fourth-order valence-corrected chi connectivity index (χ4v) is 1.78. The Morgan fingerprint density at radius 3 is 2.64 bits per heavy atom. The van der Waals surface area contributed by atoms with Crippen LogP contribution in [0.15, 0.2) is 4.79 Å². The lowest BCUT2D eigenvalue weighted by Crippen LogP contribution is -2.29. The third kappa shape index (κ3) is 1.80. The van der Waals surface area contributed by atoms with Crippen LogP contribution < -0.4 is 15.6 Å². The number of hydrogen-bond donors (Lipinski definition) is 1. The monoisotopic (exact) mass is 212 g/mol. The SMILES string of the molecule is CCCCN(C)c1c(NC)c(=S)c1=O. The van der Waals surface area contributed by atoms with Gasteiger partial charge in [-0.2, -0.15) is 0 Å². The second-order valence-corrected chi connectivity index (χ2v) is 3.82. The molecular weight excluding hydrogens is 196 g/mol. The molecule has 4 heteroatoms. The van der Waals surface area contributed by atoms with Crippen molar-refractivity contribution in [2.75, 3.05) is 30.9 Å². The molecule has 0 aliphatic rings. The summed E-state index contributed by atoms with van der Waals surface area (Å²) in [5.74, 6) is 0. The van der Waals surface area contributed by atoms with E-state index in [1.54, 1.807) is 7.05 Å². The molecule has 1 N–H and O–H groups in total. The molecule has 0 aliphatic heterocycles. The van der Waals surface area contributed by atoms with Crippen LogP contribution in [0.3, 0.4) is 0 Å². The fourth-order valence-electron chi connectivity index (χ4n) is 1.48. The zero-order valence-corrected chi connectivity index (χ0v) is 9.70. The van der Waals surface area contributed by atoms with Crippen LogP contribution in [0.1, 0.15) is 19.8 Å². The van der Waals surface area contributed by atoms with Crippen LogP contribution in [0.2, 0.25) is 0 Å². The van der Waals surface area contributed by atoms with Crippen LogP contribution in [0, 0.1) is 4.51 Å². The minimum Gasteiger partial charge on any atom is -0.385 e. The Bertz CT molecular complexity index is 379. The molecule has 0 aromatic heterocycles. The predicted molar refractivity (Wildman–Crippen MR) is 63.6 cm³/mol. The Morgan fingerprint density at radius 2 is 2.14 bits per heavy atom. The van der Waals surface area contributed by atoms with Gasteiger partial charge in [0.05, 0.1) is 5.69 Å². The number of nitrogens with zero attached hydrogens (tertiary/aromatic N) is 1. The van der Waals surface area contributed by atoms with Gasteiger partial charge >= 0.3 is 0 Å². The molecule has 1 aromatic rings. The van der Waals surface area contributed by atoms with Crippen LogP contribution in [-0.2, 0) is 0 Å². The Morgan fingerprint density at radius 1 is 1.50 bits per heavy atom. The lowest BCUT2D eigenvalue weighted by molar-refractivity contribution is 0.764. The summed E-state index contributed by atoms with van der Waals surface area (Å²) < 4.78 is 0.436. The average Bonchev–Trinajstić information content (AvgIpc) is 2.20. The molecule has 78 valence electrons. The van der Waals surface area contributed by atoms with Crippen molar-refractivity contribution >= 4 is 23.6 Å². The van der Waals surface area contributed by atoms with E-state index in [9.17, 15) is 4.79 Å². The number of hydrogen-bond acceptors (Lipinski definition) is 4. The summed E-state index contributed by atoms with van der Waals surface area (Å²) in [6.45, 7) is 3.04. The lowest BCUT2D eigenvalue weighted by atomic mass is 10.2. The lowest BCUT2D eigenvalue weighted by Gasteiger charge is -2.23. The molecule has 0 unspecified atom stereocenters. The molecule has 0 saturated heterocycles. The first-order valence-corrected chi connectivity index (χ1v) is 5.26. The maximum Gasteiger partial charge on any atom is 0.224 e. The molecule has 1 aromatic carbocycles. The molecule has 0 saturated carbocycles. The molecule has 0 amide bonds. The van der Waals surface area contributed by atoms with E-state index in [0.29, 0.717) is 4.51 Å². The van der Waals surface area contributed by atoms with E-state index in [-0.39, 0.29) is 5.43 Å². The highest BCUT2D eigenvalue weighted by Crippen LogP contribution is 2.25. The van der Waals surface area contributed by atoms with Gasteiger partial charge in [-0.1, -0.05) is 25.6 Å². The summed E-state index contributed by atoms with van der Waals surface area (Å²) in [5.41, 5.74) is 1.57. The van der Waals surface area contributed by atoms with Gasteiger partial charge in [-0.3, -0.25) is 4.79 Å². The third-order valence-electron chi connectivity index (χ3n) is 2.36. The summed E-state index contributed by atoms with van der Waals surface area (Å²) in [6, 6.07) is 0. The maximum atomic E-state index is 11.5. The average molecular weight is 212 g/mol. The van der Waals surface area contributed by atoms with Crippen molar-refractivity contribution in [3.8, 4) is 0 Å². The van der Waals surface area contributed by atoms with E-state index in [4.69, 9.17) is 12.2 Å². The van der Waals surface area contributed by atoms with Gasteiger partial charge in [0.1, 0.15) is 10.2 Å². The quantitative estimate of drug-likeness (QED) is 0.756. The van der Waals surface area contributed by atoms with Crippen molar-refractivity contribution < 1.29 is 0 Å². The van der Waals surface area contributed by atoms with E-state index in [1.165, 1.54) is 0 Å². The van der Waals surface area contributed by atoms with Gasteiger partial charge < -0.3 is 10.2 Å². The first kappa shape index (κ1) is 11.2. The second-order valence-electron chi connectivity index (χ2n) is 3.41. The smallest absolute Gasteiger partial charge is 0.224 e. The largest absolute Gasteiger partial charge is 0.385 e. The fraction of sp³-hybridized carbons (Fsp3) is 0.600. The van der Waals surface area contributed by atoms with Crippen LogP contribution in [0.5, 0.6) is 0 Å². The normalized spacial score (nSPS) is 10.5. The Kier molecular flexibility index (Phi) is 3.63. The highest BCUT2D eigenvalue weighted by molar-refractivity contribution is 7.71. The highest BCUT2D eigenvalue weighted by Gasteiger charge is 2.19. The predicted octanol–water partition coefficient (Wildman–Crippen LogP) is 1.93. The topological polar surface area (TPSA) is 32.3 Å². The van der Waals surface area contributed by atoms with Crippen molar-refractivity contribution in [3.63, 3.8) is 0 Å². The molecule has 0 atom stereocenters. The van der Waals surface area contributed by atoms with Crippen molar-refractivity contribution in [3.05, 3.63) is 14.7 Å². The van der Waals surface area contributed by atoms with E-state index in [1.807, 2.05) is 11.9 Å². The van der Waals surface area contributed by atoms with Gasteiger partial charge in [0, 0.05) is 20.6 Å². The molecule has 3 nitrogen and oxygen atoms in total. The zero-order valence-electron chi connectivity index (χ0n) is 8.89. The molecule has 0 spiro atoms. The first-order valence-electron chi connectivity index (χ1n) is 4.85. The van der Waals surface area contributed by atoms with E-state index in [0.717, 1.165) is 30.8 Å². The summed E-state index contributed by atoms with van der Waals surface area (Å²) in [6.07, 6.45) is 2.22. The van der Waals surface area contributed by atoms with Crippen LogP contribution in [0.4, 0.5) is 11.4 Å². The Hall–Kier alpha value is -0.900. The molecule has 1 rings (SSSR count). The van der Waals surface area contributed by atoms with Crippen LogP contribution in [0.25, 0.3) is 0 Å². The van der Waals surface area contributed by atoms with Gasteiger partial charge in [-0.15, -0.1) is 0 Å². The molecule has 14 heavy (non-hydrogen) atoms. The standard InChI is InChI=1S/C10H16N2OS/c1-4-5-6-12(3)8-7(11-2)10(14)9(8)13/h11H,4-6H2,1-3H3. The van der Waals surface area contributed by atoms with Gasteiger partial charge in [0.15, 0.2) is 0 Å². The number of rotatable bonds is 5. The zero-order chi connectivity index (χ0) is 10.7. The Balaban J connectivity index is 2.80. The summed E-state index contributed by atoms with van der Waals surface area (Å²) in [7, 11) is 3.73. The number of nitrogens with one attached hydrogen (secondary N) is 1. The van der Waals surface area contributed by atoms with Crippen molar-refractivity contribution in [1.82, 2.24) is 0 Å². The molecule has 0 fully saturated rings. The van der Waals surface area contributed by atoms with E-state index in [2.05, 4.69) is 12.2 Å². The number of unbranched alkanes of at least 4 members (excludes halogenated alkanes) is 1. The van der Waals surface area contributed by atoms with Crippen molar-refractivity contribution in [2.45, 2.75) is 19.8 Å². The Labute approximate surface area is 89.4 Å². The maximum absolute atomic E-state index is 11.5. The molecule has 0 heterocycles. The van der Waals surface area contributed by atoms with Crippen molar-refractivity contribution in [2.24, 2.45) is 0 Å².